The molecule has 0 bridgehead atoms. The molecule has 1 atom stereocenters. The minimum Gasteiger partial charge on any atom is -0.497 e. The van der Waals surface area contributed by atoms with Crippen molar-refractivity contribution in [2.75, 3.05) is 7.11 Å². The highest BCUT2D eigenvalue weighted by Gasteiger charge is 2.66. The van der Waals surface area contributed by atoms with E-state index in [0.717, 1.165) is 29.0 Å². The molecule has 1 heterocycles. The van der Waals surface area contributed by atoms with Crippen LogP contribution in [0, 0.1) is 12.3 Å². The van der Waals surface area contributed by atoms with E-state index in [9.17, 15) is 4.79 Å². The van der Waals surface area contributed by atoms with Gasteiger partial charge in [-0.25, -0.2) is 0 Å². The summed E-state index contributed by atoms with van der Waals surface area (Å²) in [6.07, 6.45) is 2.61. The Morgan fingerprint density at radius 1 is 1.25 bits per heavy atom. The second-order valence-corrected chi connectivity index (χ2v) is 7.14. The van der Waals surface area contributed by atoms with E-state index in [1.807, 2.05) is 43.3 Å². The minimum atomic E-state index is -0.470. The number of hydrogen-bond acceptors (Lipinski definition) is 3. The third-order valence-electron chi connectivity index (χ3n) is 5.24. The van der Waals surface area contributed by atoms with Crippen molar-refractivity contribution in [3.8, 4) is 5.75 Å². The number of rotatable bonds is 5. The second kappa shape index (κ2) is 5.93. The minimum absolute atomic E-state index is 0.0508. The molecule has 0 unspecified atom stereocenters. The number of aryl methyl sites for hydroxylation is 1. The van der Waals surface area contributed by atoms with Crippen LogP contribution in [0.25, 0.3) is 0 Å². The van der Waals surface area contributed by atoms with E-state index in [2.05, 4.69) is 24.1 Å². The van der Waals surface area contributed by atoms with E-state index in [1.165, 1.54) is 0 Å². The summed E-state index contributed by atoms with van der Waals surface area (Å²) in [6.45, 7) is 6.75. The Morgan fingerprint density at radius 3 is 2.46 bits per heavy atom. The molecule has 126 valence electrons. The number of hydrogen-bond donors (Lipinski definition) is 1. The van der Waals surface area contributed by atoms with E-state index >= 15 is 0 Å². The standard InChI is InChI=1S/C20H24N2O2/c1-14-6-5-11-21-17(14)12-22-18(23)20(13-19(20,2)3)15-7-9-16(24-4)10-8-15/h5-11H,12-13H2,1-4H3,(H,22,23)/t20-/m1/s1. The van der Waals surface area contributed by atoms with E-state index < -0.39 is 5.41 Å². The van der Waals surface area contributed by atoms with E-state index in [0.29, 0.717) is 6.54 Å². The summed E-state index contributed by atoms with van der Waals surface area (Å²) in [5, 5.41) is 3.09. The van der Waals surface area contributed by atoms with Gasteiger partial charge in [0.1, 0.15) is 5.75 Å². The second-order valence-electron chi connectivity index (χ2n) is 7.14. The molecule has 0 saturated heterocycles. The molecule has 0 spiro atoms. The number of methoxy groups -OCH3 is 1. The molecular weight excluding hydrogens is 300 g/mol. The predicted molar refractivity (Wildman–Crippen MR) is 93.9 cm³/mol. The number of benzene rings is 1. The maximum absolute atomic E-state index is 13.0. The number of carbonyl (C=O) groups is 1. The van der Waals surface area contributed by atoms with Gasteiger partial charge in [0.05, 0.1) is 24.8 Å². The third kappa shape index (κ3) is 2.66. The summed E-state index contributed by atoms with van der Waals surface area (Å²) in [7, 11) is 1.65. The Morgan fingerprint density at radius 2 is 1.92 bits per heavy atom. The van der Waals surface area contributed by atoms with Crippen LogP contribution in [0.3, 0.4) is 0 Å². The van der Waals surface area contributed by atoms with Gasteiger partial charge < -0.3 is 10.1 Å². The molecule has 0 aliphatic heterocycles. The van der Waals surface area contributed by atoms with Crippen molar-refractivity contribution in [1.29, 1.82) is 0 Å². The van der Waals surface area contributed by atoms with E-state index in [4.69, 9.17) is 4.74 Å². The van der Waals surface area contributed by atoms with Gasteiger partial charge in [-0.15, -0.1) is 0 Å². The SMILES string of the molecule is COc1ccc([C@@]2(C(=O)NCc3ncccc3C)CC2(C)C)cc1. The number of aromatic nitrogens is 1. The number of nitrogens with zero attached hydrogens (tertiary/aromatic N) is 1. The van der Waals surface area contributed by atoms with Crippen molar-refractivity contribution < 1.29 is 9.53 Å². The molecular formula is C20H24N2O2. The summed E-state index contributed by atoms with van der Waals surface area (Å²) in [6, 6.07) is 11.7. The van der Waals surface area contributed by atoms with Gasteiger partial charge >= 0.3 is 0 Å². The number of ether oxygens (including phenoxy) is 1. The quantitative estimate of drug-likeness (QED) is 0.917. The molecule has 1 aromatic heterocycles. The lowest BCUT2D eigenvalue weighted by Crippen LogP contribution is -2.37. The van der Waals surface area contributed by atoms with Crippen LogP contribution < -0.4 is 10.1 Å². The largest absolute Gasteiger partial charge is 0.497 e. The van der Waals surface area contributed by atoms with Gasteiger partial charge in [0, 0.05) is 6.20 Å². The van der Waals surface area contributed by atoms with Crippen LogP contribution in [0.2, 0.25) is 0 Å². The Labute approximate surface area is 143 Å². The predicted octanol–water partition coefficient (Wildman–Crippen LogP) is 3.38. The highest BCUT2D eigenvalue weighted by Crippen LogP contribution is 2.64. The maximum atomic E-state index is 13.0. The summed E-state index contributed by atoms with van der Waals surface area (Å²) in [4.78, 5) is 17.4. The highest BCUT2D eigenvalue weighted by molar-refractivity contribution is 5.93. The highest BCUT2D eigenvalue weighted by atomic mass is 16.5. The number of carbonyl (C=O) groups excluding carboxylic acids is 1. The normalized spacial score (nSPS) is 21.2. The number of nitrogens with one attached hydrogen (secondary N) is 1. The molecule has 1 aliphatic carbocycles. The Hall–Kier alpha value is -2.36. The van der Waals surface area contributed by atoms with Gasteiger partial charge in [-0.05, 0) is 48.1 Å². The molecule has 1 fully saturated rings. The van der Waals surface area contributed by atoms with Gasteiger partial charge in [0.25, 0.3) is 0 Å². The van der Waals surface area contributed by atoms with Crippen molar-refractivity contribution >= 4 is 5.91 Å². The van der Waals surface area contributed by atoms with Crippen LogP contribution in [0.5, 0.6) is 5.75 Å². The molecule has 4 nitrogen and oxygen atoms in total. The first-order chi connectivity index (χ1) is 11.4. The van der Waals surface area contributed by atoms with Gasteiger partial charge in [-0.1, -0.05) is 32.0 Å². The zero-order valence-corrected chi connectivity index (χ0v) is 14.7. The zero-order valence-electron chi connectivity index (χ0n) is 14.7. The lowest BCUT2D eigenvalue weighted by Gasteiger charge is -2.21. The molecule has 4 heteroatoms. The molecule has 1 saturated carbocycles. The molecule has 1 amide bonds. The Bertz CT molecular complexity index is 752. The number of amides is 1. The van der Waals surface area contributed by atoms with Crippen LogP contribution in [0.1, 0.15) is 37.1 Å². The van der Waals surface area contributed by atoms with Gasteiger partial charge in [-0.3, -0.25) is 9.78 Å². The Kier molecular flexibility index (Phi) is 4.08. The topological polar surface area (TPSA) is 51.2 Å². The van der Waals surface area contributed by atoms with Crippen LogP contribution >= 0.6 is 0 Å². The average molecular weight is 324 g/mol. The summed E-state index contributed by atoms with van der Waals surface area (Å²) < 4.78 is 5.22. The van der Waals surface area contributed by atoms with Crippen LogP contribution in [-0.4, -0.2) is 18.0 Å². The summed E-state index contributed by atoms with van der Waals surface area (Å²) in [5.74, 6) is 0.875. The molecule has 2 aromatic rings. The number of pyridine rings is 1. The molecule has 24 heavy (non-hydrogen) atoms. The van der Waals surface area contributed by atoms with Gasteiger partial charge in [0.15, 0.2) is 0 Å². The monoisotopic (exact) mass is 324 g/mol. The van der Waals surface area contributed by atoms with Crippen LogP contribution in [0.15, 0.2) is 42.6 Å². The fourth-order valence-corrected chi connectivity index (χ4v) is 3.52. The third-order valence-corrected chi connectivity index (χ3v) is 5.24. The first-order valence-corrected chi connectivity index (χ1v) is 8.24. The average Bonchev–Trinajstić information content (AvgIpc) is 3.18. The van der Waals surface area contributed by atoms with Crippen molar-refractivity contribution in [3.63, 3.8) is 0 Å². The van der Waals surface area contributed by atoms with Crippen molar-refractivity contribution in [1.82, 2.24) is 10.3 Å². The lowest BCUT2D eigenvalue weighted by molar-refractivity contribution is -0.124. The van der Waals surface area contributed by atoms with E-state index in [-0.39, 0.29) is 11.3 Å². The van der Waals surface area contributed by atoms with Crippen molar-refractivity contribution in [2.24, 2.45) is 5.41 Å². The molecule has 1 aliphatic rings. The molecule has 1 aromatic carbocycles. The maximum Gasteiger partial charge on any atom is 0.231 e. The van der Waals surface area contributed by atoms with Gasteiger partial charge in [0.2, 0.25) is 5.91 Å². The first kappa shape index (κ1) is 16.5. The zero-order chi connectivity index (χ0) is 17.4. The smallest absolute Gasteiger partial charge is 0.231 e. The van der Waals surface area contributed by atoms with Crippen molar-refractivity contribution in [2.45, 2.75) is 39.2 Å². The van der Waals surface area contributed by atoms with Crippen LogP contribution in [-0.2, 0) is 16.8 Å². The van der Waals surface area contributed by atoms with E-state index in [1.54, 1.807) is 13.3 Å². The molecule has 1 N–H and O–H groups in total. The van der Waals surface area contributed by atoms with Crippen LogP contribution in [0.4, 0.5) is 0 Å². The van der Waals surface area contributed by atoms with Crippen molar-refractivity contribution in [3.05, 3.63) is 59.4 Å². The fourth-order valence-electron chi connectivity index (χ4n) is 3.52. The summed E-state index contributed by atoms with van der Waals surface area (Å²) >= 11 is 0. The molecule has 0 radical (unpaired) electrons. The first-order valence-electron chi connectivity index (χ1n) is 8.24. The summed E-state index contributed by atoms with van der Waals surface area (Å²) in [5.41, 5.74) is 2.52. The fraction of sp³-hybridized carbons (Fsp3) is 0.400. The lowest BCUT2D eigenvalue weighted by atomic mass is 9.87. The molecule has 3 rings (SSSR count). The Balaban J connectivity index is 1.80. The van der Waals surface area contributed by atoms with Gasteiger partial charge in [-0.2, -0.15) is 0 Å².